The van der Waals surface area contributed by atoms with E-state index < -0.39 is 51.1 Å². The van der Waals surface area contributed by atoms with Crippen LogP contribution >= 0.6 is 43.2 Å². The number of carbonyl (C=O) groups is 2. The third-order valence-corrected chi connectivity index (χ3v) is 13.1. The van der Waals surface area contributed by atoms with Crippen molar-refractivity contribution in [3.63, 3.8) is 0 Å². The van der Waals surface area contributed by atoms with Gasteiger partial charge < -0.3 is 14.9 Å². The molecule has 212 valence electrons. The molecule has 4 rings (SSSR count). The molecule has 1 aromatic rings. The molecule has 1 spiro atoms. The number of aromatic nitrogens is 1. The summed E-state index contributed by atoms with van der Waals surface area (Å²) in [5.41, 5.74) is -0.835. The predicted octanol–water partition coefficient (Wildman–Crippen LogP) is 6.49. The van der Waals surface area contributed by atoms with Crippen molar-refractivity contribution in [2.24, 2.45) is 28.6 Å². The summed E-state index contributed by atoms with van der Waals surface area (Å²) < 4.78 is 20.9. The zero-order valence-electron chi connectivity index (χ0n) is 22.4. The Hall–Kier alpha value is -0.680. The van der Waals surface area contributed by atoms with Gasteiger partial charge in [-0.05, 0) is 62.4 Å². The number of nitrogens with zero attached hydrogens (tertiary/aromatic N) is 1. The number of cyclic esters (lactones) is 1. The van der Waals surface area contributed by atoms with Crippen molar-refractivity contribution in [3.05, 3.63) is 21.9 Å². The number of fused-ring (bicyclic) bond motifs is 1. The predicted molar refractivity (Wildman–Crippen MR) is 153 cm³/mol. The van der Waals surface area contributed by atoms with Crippen molar-refractivity contribution in [2.45, 2.75) is 101 Å². The van der Waals surface area contributed by atoms with E-state index in [4.69, 9.17) is 4.74 Å². The molecule has 2 N–H and O–H groups in total. The van der Waals surface area contributed by atoms with Crippen LogP contribution in [0.1, 0.15) is 82.8 Å². The largest absolute Gasteiger partial charge is 0.455 e. The lowest BCUT2D eigenvalue weighted by Crippen LogP contribution is -2.53. The minimum Gasteiger partial charge on any atom is -0.455 e. The van der Waals surface area contributed by atoms with Gasteiger partial charge in [-0.2, -0.15) is 0 Å². The number of ketones is 1. The summed E-state index contributed by atoms with van der Waals surface area (Å²) in [4.78, 5) is 30.9. The summed E-state index contributed by atoms with van der Waals surface area (Å²) in [5, 5.41) is 24.7. The number of alkyl halides is 2. The van der Waals surface area contributed by atoms with Crippen LogP contribution in [0, 0.1) is 35.5 Å². The number of ether oxygens (including phenoxy) is 1. The van der Waals surface area contributed by atoms with E-state index in [1.54, 1.807) is 12.3 Å². The minimum atomic E-state index is -1.25. The van der Waals surface area contributed by atoms with Gasteiger partial charge in [0, 0.05) is 11.3 Å². The van der Waals surface area contributed by atoms with Crippen LogP contribution in [0.4, 0.5) is 4.39 Å². The Morgan fingerprint density at radius 1 is 1.21 bits per heavy atom. The first-order valence-corrected chi connectivity index (χ1v) is 16.0. The summed E-state index contributed by atoms with van der Waals surface area (Å²) in [6.45, 7) is 7.63. The van der Waals surface area contributed by atoms with E-state index in [1.165, 1.54) is 17.4 Å². The molecule has 6 nitrogen and oxygen atoms in total. The smallest absolute Gasteiger partial charge is 0.309 e. The second-order valence-corrected chi connectivity index (χ2v) is 16.5. The van der Waals surface area contributed by atoms with E-state index in [9.17, 15) is 19.8 Å². The Labute approximate surface area is 245 Å². The van der Waals surface area contributed by atoms with Crippen molar-refractivity contribution in [3.8, 4) is 0 Å². The quantitative estimate of drug-likeness (QED) is 0.274. The Morgan fingerprint density at radius 2 is 1.89 bits per heavy atom. The highest BCUT2D eigenvalue weighted by atomic mass is 79.9. The van der Waals surface area contributed by atoms with Crippen LogP contribution in [-0.2, 0) is 14.3 Å². The topological polar surface area (TPSA) is 96.7 Å². The van der Waals surface area contributed by atoms with Crippen LogP contribution in [0.2, 0.25) is 0 Å². The lowest BCUT2D eigenvalue weighted by molar-refractivity contribution is -0.162. The zero-order chi connectivity index (χ0) is 28.0. The highest BCUT2D eigenvalue weighted by Gasteiger charge is 2.71. The van der Waals surface area contributed by atoms with Crippen molar-refractivity contribution in [2.75, 3.05) is 0 Å². The monoisotopic (exact) mass is 677 g/mol. The van der Waals surface area contributed by atoms with Crippen molar-refractivity contribution < 1.29 is 28.9 Å². The Balaban J connectivity index is 1.64. The van der Waals surface area contributed by atoms with Gasteiger partial charge in [0.15, 0.2) is 6.10 Å². The van der Waals surface area contributed by atoms with Crippen molar-refractivity contribution >= 4 is 61.0 Å². The molecule has 0 bridgehead atoms. The molecule has 7 atom stereocenters. The van der Waals surface area contributed by atoms with Crippen LogP contribution in [0.15, 0.2) is 11.2 Å². The fourth-order valence-corrected chi connectivity index (χ4v) is 9.13. The highest BCUT2D eigenvalue weighted by Crippen LogP contribution is 2.75. The number of aliphatic hydroxyl groups is 2. The molecule has 3 fully saturated rings. The Bertz CT molecular complexity index is 1090. The van der Waals surface area contributed by atoms with Gasteiger partial charge in [0.05, 0.1) is 38.0 Å². The van der Waals surface area contributed by atoms with E-state index in [0.29, 0.717) is 18.5 Å². The third-order valence-electron chi connectivity index (χ3n) is 9.44. The van der Waals surface area contributed by atoms with Gasteiger partial charge in [0.1, 0.15) is 11.6 Å². The minimum absolute atomic E-state index is 0.0272. The number of carbonyl (C=O) groups excluding carboxylic acids is 2. The van der Waals surface area contributed by atoms with E-state index in [-0.39, 0.29) is 29.5 Å². The van der Waals surface area contributed by atoms with Gasteiger partial charge >= 0.3 is 5.97 Å². The molecule has 1 saturated heterocycles. The van der Waals surface area contributed by atoms with Gasteiger partial charge in [-0.15, -0.1) is 11.3 Å². The van der Waals surface area contributed by atoms with E-state index in [0.717, 1.165) is 30.7 Å². The standard InChI is InChI=1S/C28H38Br2FNO5S/c1-15-7-5-8-26(4)21(28(26,29)30)12-20(19(31)11-18-14-38-17(3)32-18)37-23(34)13-22(33)27(9-6-10-27)25(36)16(2)24(15)35/h11,14-16,20-22,24,33,35H,5-10,12-13H2,1-4H3/b19-11-/t15-,16+,20-,21-,22-,24-,26+/m0/s1. The number of esters is 1. The lowest BCUT2D eigenvalue weighted by atomic mass is 9.58. The molecule has 38 heavy (non-hydrogen) atoms. The molecule has 0 amide bonds. The third kappa shape index (κ3) is 5.58. The van der Waals surface area contributed by atoms with Gasteiger partial charge in [0.2, 0.25) is 0 Å². The number of thiazole rings is 1. The summed E-state index contributed by atoms with van der Waals surface area (Å²) >= 11 is 8.99. The molecule has 1 aromatic heterocycles. The van der Waals surface area contributed by atoms with Gasteiger partial charge in [-0.25, -0.2) is 9.37 Å². The maximum atomic E-state index is 15.6. The van der Waals surface area contributed by atoms with Gasteiger partial charge in [-0.3, -0.25) is 9.59 Å². The summed E-state index contributed by atoms with van der Waals surface area (Å²) in [6.07, 6.45) is 1.99. The normalized spacial score (nSPS) is 38.3. The van der Waals surface area contributed by atoms with Crippen LogP contribution in [0.25, 0.3) is 6.08 Å². The van der Waals surface area contributed by atoms with Crippen LogP contribution < -0.4 is 0 Å². The Morgan fingerprint density at radius 3 is 2.47 bits per heavy atom. The van der Waals surface area contributed by atoms with E-state index >= 15 is 4.39 Å². The van der Waals surface area contributed by atoms with Crippen LogP contribution in [-0.4, -0.2) is 48.5 Å². The van der Waals surface area contributed by atoms with E-state index in [2.05, 4.69) is 43.8 Å². The lowest BCUT2D eigenvalue weighted by Gasteiger charge is -2.46. The first kappa shape index (κ1) is 30.3. The number of Topliss-reactive ketones (excluding diaryl/α,β-unsaturated/α-hetero) is 1. The van der Waals surface area contributed by atoms with E-state index in [1.807, 2.05) is 13.8 Å². The van der Waals surface area contributed by atoms with Gasteiger partial charge in [-0.1, -0.05) is 65.5 Å². The molecule has 10 heteroatoms. The molecular weight excluding hydrogens is 641 g/mol. The highest BCUT2D eigenvalue weighted by molar-refractivity contribution is 9.25. The Kier molecular flexibility index (Phi) is 9.01. The van der Waals surface area contributed by atoms with Crippen molar-refractivity contribution in [1.29, 1.82) is 0 Å². The summed E-state index contributed by atoms with van der Waals surface area (Å²) in [6, 6.07) is 0. The fourth-order valence-electron chi connectivity index (χ4n) is 6.46. The van der Waals surface area contributed by atoms with Crippen LogP contribution in [0.3, 0.4) is 0 Å². The second-order valence-electron chi connectivity index (χ2n) is 11.9. The number of hydrogen-bond donors (Lipinski definition) is 2. The maximum absolute atomic E-state index is 15.6. The number of hydrogen-bond acceptors (Lipinski definition) is 7. The first-order valence-electron chi connectivity index (χ1n) is 13.5. The summed E-state index contributed by atoms with van der Waals surface area (Å²) in [5.74, 6) is -2.33. The average molecular weight is 679 g/mol. The molecule has 0 radical (unpaired) electrons. The number of aryl methyl sites for hydroxylation is 1. The molecule has 3 aliphatic rings. The van der Waals surface area contributed by atoms with Crippen molar-refractivity contribution in [1.82, 2.24) is 4.98 Å². The number of halogens is 3. The van der Waals surface area contributed by atoms with Gasteiger partial charge in [0.25, 0.3) is 0 Å². The zero-order valence-corrected chi connectivity index (χ0v) is 26.4. The number of aliphatic hydroxyl groups excluding tert-OH is 2. The SMILES string of the molecule is Cc1nc(/C=C(\F)[C@@H]2C[C@@H]3C(Br)(Br)[C@]3(C)CCC[C@H](C)[C@H](O)[C@@H](C)C(=O)C3(CCC3)[C@@H](O)CC(=O)O2)cs1. The average Bonchev–Trinajstić information content (AvgIpc) is 3.06. The molecule has 0 unspecified atom stereocenters. The van der Waals surface area contributed by atoms with Crippen LogP contribution in [0.5, 0.6) is 0 Å². The molecule has 1 aliphatic heterocycles. The fraction of sp³-hybridized carbons (Fsp3) is 0.750. The molecule has 2 saturated carbocycles. The summed E-state index contributed by atoms with van der Waals surface area (Å²) in [7, 11) is 0. The second kappa shape index (κ2) is 11.3. The maximum Gasteiger partial charge on any atom is 0.309 e. The molecule has 2 heterocycles. The molecule has 0 aromatic carbocycles. The molecule has 2 aliphatic carbocycles. The first-order chi connectivity index (χ1) is 17.7. The number of rotatable bonds is 2. The molecular formula is C28H38Br2FNO5S.